The van der Waals surface area contributed by atoms with Crippen LogP contribution in [0.1, 0.15) is 26.2 Å². The molecule has 0 aliphatic heterocycles. The van der Waals surface area contributed by atoms with Crippen LogP contribution in [-0.2, 0) is 0 Å². The molecule has 1 unspecified atom stereocenters. The molecular weight excluding hydrogens is 178 g/mol. The van der Waals surface area contributed by atoms with E-state index in [1.165, 1.54) is 19.3 Å². The van der Waals surface area contributed by atoms with Crippen LogP contribution in [0.25, 0.3) is 0 Å². The van der Waals surface area contributed by atoms with Gasteiger partial charge in [0.1, 0.15) is 0 Å². The van der Waals surface area contributed by atoms with E-state index in [4.69, 9.17) is 12.6 Å². The Hall–Kier alpha value is -0.210. The smallest absolute Gasteiger partial charge is 0.0848 e. The zero-order chi connectivity index (χ0) is 10.1. The minimum Gasteiger partial charge on any atom is -0.284 e. The molecule has 0 fully saturated rings. The number of hydrogen-bond acceptors (Lipinski definition) is 1. The molecule has 1 atom stereocenters. The van der Waals surface area contributed by atoms with Crippen molar-refractivity contribution in [3.63, 3.8) is 0 Å². The highest BCUT2D eigenvalue weighted by Gasteiger charge is 2.08. The molecule has 0 aromatic heterocycles. The normalized spacial score (nSPS) is 12.8. The topological polar surface area (TPSA) is 3.24 Å². The van der Waals surface area contributed by atoms with Gasteiger partial charge in [-0.05, 0) is 13.0 Å². The van der Waals surface area contributed by atoms with Crippen LogP contribution in [-0.4, -0.2) is 23.4 Å². The highest BCUT2D eigenvalue weighted by molar-refractivity contribution is 7.81. The number of hydrogen-bond donors (Lipinski definition) is 0. The fourth-order valence-corrected chi connectivity index (χ4v) is 1.39. The van der Waals surface area contributed by atoms with E-state index in [2.05, 4.69) is 25.0 Å². The molecule has 2 heteroatoms. The molecule has 0 heterocycles. The predicted molar refractivity (Wildman–Crippen MR) is 62.9 cm³/mol. The van der Waals surface area contributed by atoms with Crippen molar-refractivity contribution < 1.29 is 0 Å². The summed E-state index contributed by atoms with van der Waals surface area (Å²) >= 11 is 5.24. The molecule has 0 aromatic rings. The molecule has 13 heavy (non-hydrogen) atoms. The summed E-state index contributed by atoms with van der Waals surface area (Å²) in [7, 11) is 0. The van der Waals surface area contributed by atoms with Crippen LogP contribution in [0.3, 0.4) is 0 Å². The SMILES string of the molecule is C=CCN(CCCCC)C([S])C=C. The zero-order valence-electron chi connectivity index (χ0n) is 8.54. The second-order valence-electron chi connectivity index (χ2n) is 3.12. The predicted octanol–water partition coefficient (Wildman–Crippen LogP) is 3.37. The third kappa shape index (κ3) is 5.94. The number of nitrogens with zero attached hydrogens (tertiary/aromatic N) is 1. The number of rotatable bonds is 8. The van der Waals surface area contributed by atoms with E-state index in [9.17, 15) is 0 Å². The quantitative estimate of drug-likeness (QED) is 0.427. The largest absolute Gasteiger partial charge is 0.284 e. The Morgan fingerprint density at radius 3 is 2.54 bits per heavy atom. The van der Waals surface area contributed by atoms with Crippen molar-refractivity contribution in [1.29, 1.82) is 0 Å². The van der Waals surface area contributed by atoms with E-state index in [1.54, 1.807) is 0 Å². The second-order valence-corrected chi connectivity index (χ2v) is 3.60. The minimum absolute atomic E-state index is 0.0508. The Labute approximate surface area is 87.9 Å². The summed E-state index contributed by atoms with van der Waals surface area (Å²) < 4.78 is 0. The molecule has 0 aliphatic carbocycles. The Balaban J connectivity index is 3.78. The molecule has 75 valence electrons. The van der Waals surface area contributed by atoms with Crippen molar-refractivity contribution >= 4 is 12.6 Å². The van der Waals surface area contributed by atoms with Crippen molar-refractivity contribution in [1.82, 2.24) is 4.90 Å². The van der Waals surface area contributed by atoms with Gasteiger partial charge in [-0.15, -0.1) is 13.2 Å². The third-order valence-electron chi connectivity index (χ3n) is 1.97. The summed E-state index contributed by atoms with van der Waals surface area (Å²) in [6.07, 6.45) is 7.44. The second kappa shape index (κ2) is 8.39. The van der Waals surface area contributed by atoms with E-state index >= 15 is 0 Å². The molecule has 0 aliphatic rings. The van der Waals surface area contributed by atoms with Gasteiger partial charge in [-0.25, -0.2) is 0 Å². The highest BCUT2D eigenvalue weighted by atomic mass is 32.1. The molecule has 1 nitrogen and oxygen atoms in total. The minimum atomic E-state index is 0.0508. The molecule has 1 radical (unpaired) electrons. The Kier molecular flexibility index (Phi) is 8.26. The molecule has 0 saturated carbocycles. The van der Waals surface area contributed by atoms with Gasteiger partial charge in [-0.3, -0.25) is 4.90 Å². The van der Waals surface area contributed by atoms with Crippen LogP contribution in [0.4, 0.5) is 0 Å². The van der Waals surface area contributed by atoms with Crippen LogP contribution in [0.15, 0.2) is 25.3 Å². The molecule has 0 bridgehead atoms. The molecule has 0 N–H and O–H groups in total. The first-order valence-electron chi connectivity index (χ1n) is 4.89. The molecule has 0 spiro atoms. The molecule has 0 rings (SSSR count). The van der Waals surface area contributed by atoms with Gasteiger partial charge in [-0.2, -0.15) is 0 Å². The summed E-state index contributed by atoms with van der Waals surface area (Å²) in [5, 5.41) is 0.0508. The van der Waals surface area contributed by atoms with E-state index in [1.807, 2.05) is 12.2 Å². The maximum atomic E-state index is 5.24. The molecule has 0 saturated heterocycles. The summed E-state index contributed by atoms with van der Waals surface area (Å²) in [4.78, 5) is 2.21. The van der Waals surface area contributed by atoms with Crippen molar-refractivity contribution in [2.24, 2.45) is 0 Å². The Morgan fingerprint density at radius 1 is 1.38 bits per heavy atom. The van der Waals surface area contributed by atoms with Gasteiger partial charge in [0, 0.05) is 6.54 Å². The first-order chi connectivity index (χ1) is 6.26. The van der Waals surface area contributed by atoms with Gasteiger partial charge in [0.2, 0.25) is 0 Å². The lowest BCUT2D eigenvalue weighted by molar-refractivity contribution is 0.307. The van der Waals surface area contributed by atoms with Crippen molar-refractivity contribution in [3.05, 3.63) is 25.3 Å². The summed E-state index contributed by atoms with van der Waals surface area (Å²) in [6, 6.07) is 0. The fraction of sp³-hybridized carbons (Fsp3) is 0.636. The van der Waals surface area contributed by atoms with Crippen LogP contribution in [0, 0.1) is 0 Å². The molecule has 0 aromatic carbocycles. The van der Waals surface area contributed by atoms with Gasteiger partial charge in [0.25, 0.3) is 0 Å². The average molecular weight is 198 g/mol. The lowest BCUT2D eigenvalue weighted by atomic mass is 10.2. The lowest BCUT2D eigenvalue weighted by Gasteiger charge is -2.23. The molecule has 0 amide bonds. The van der Waals surface area contributed by atoms with Crippen molar-refractivity contribution in [3.8, 4) is 0 Å². The third-order valence-corrected chi connectivity index (χ3v) is 2.46. The van der Waals surface area contributed by atoms with Crippen molar-refractivity contribution in [2.45, 2.75) is 31.6 Å². The highest BCUT2D eigenvalue weighted by Crippen LogP contribution is 2.07. The number of unbranched alkanes of at least 4 members (excludes halogenated alkanes) is 2. The van der Waals surface area contributed by atoms with Crippen LogP contribution in [0.2, 0.25) is 0 Å². The summed E-state index contributed by atoms with van der Waals surface area (Å²) in [5.41, 5.74) is 0. The first kappa shape index (κ1) is 12.8. The Morgan fingerprint density at radius 2 is 2.08 bits per heavy atom. The standard InChI is InChI=1S/C11H20NS/c1-4-7-8-10-12(9-5-2)11(13)6-3/h5-6,11H,2-4,7-10H2,1H3. The van der Waals surface area contributed by atoms with Gasteiger partial charge in [0.15, 0.2) is 0 Å². The van der Waals surface area contributed by atoms with Crippen LogP contribution in [0.5, 0.6) is 0 Å². The monoisotopic (exact) mass is 198 g/mol. The lowest BCUT2D eigenvalue weighted by Crippen LogP contribution is -2.31. The zero-order valence-corrected chi connectivity index (χ0v) is 9.35. The van der Waals surface area contributed by atoms with Crippen LogP contribution >= 0.6 is 12.6 Å². The van der Waals surface area contributed by atoms with E-state index in [-0.39, 0.29) is 5.37 Å². The summed E-state index contributed by atoms with van der Waals surface area (Å²) in [5.74, 6) is 0. The maximum absolute atomic E-state index is 5.24. The van der Waals surface area contributed by atoms with E-state index in [0.717, 1.165) is 13.1 Å². The van der Waals surface area contributed by atoms with E-state index in [0.29, 0.717) is 0 Å². The van der Waals surface area contributed by atoms with Gasteiger partial charge in [0.05, 0.1) is 5.37 Å². The fourth-order valence-electron chi connectivity index (χ4n) is 1.20. The van der Waals surface area contributed by atoms with Gasteiger partial charge >= 0.3 is 0 Å². The average Bonchev–Trinajstić information content (AvgIpc) is 2.16. The molecular formula is C11H20NS. The maximum Gasteiger partial charge on any atom is 0.0848 e. The van der Waals surface area contributed by atoms with Crippen molar-refractivity contribution in [2.75, 3.05) is 13.1 Å². The Bertz CT molecular complexity index is 145. The van der Waals surface area contributed by atoms with Gasteiger partial charge in [-0.1, -0.05) is 44.5 Å². The van der Waals surface area contributed by atoms with Crippen LogP contribution < -0.4 is 0 Å². The first-order valence-corrected chi connectivity index (χ1v) is 5.36. The van der Waals surface area contributed by atoms with E-state index < -0.39 is 0 Å². The summed E-state index contributed by atoms with van der Waals surface area (Å²) in [6.45, 7) is 11.6. The van der Waals surface area contributed by atoms with Gasteiger partial charge < -0.3 is 0 Å².